The first-order valence-corrected chi connectivity index (χ1v) is 8.11. The standard InChI is InChI=1S/C18H28BNO3/c1-12-9-10-14(20-15(21)16(2,3)4)13(11-12)19-22-17(5,6)18(7,8)23-19/h9-11H,1-8H3,(H,20,21). The highest BCUT2D eigenvalue weighted by Gasteiger charge is 2.52. The summed E-state index contributed by atoms with van der Waals surface area (Å²) in [5.74, 6) is -0.0286. The number of hydrogen-bond donors (Lipinski definition) is 1. The summed E-state index contributed by atoms with van der Waals surface area (Å²) < 4.78 is 12.3. The molecule has 0 bridgehead atoms. The van der Waals surface area contributed by atoms with Crippen LogP contribution in [0.15, 0.2) is 18.2 Å². The first kappa shape index (κ1) is 18.0. The minimum absolute atomic E-state index is 0.0286. The molecule has 126 valence electrons. The third-order valence-electron chi connectivity index (χ3n) is 4.64. The number of amides is 1. The molecule has 0 atom stereocenters. The Labute approximate surface area is 140 Å². The number of nitrogens with one attached hydrogen (secondary N) is 1. The molecule has 0 radical (unpaired) electrons. The molecular weight excluding hydrogens is 289 g/mol. The van der Waals surface area contributed by atoms with Gasteiger partial charge in [0.2, 0.25) is 5.91 Å². The normalized spacial score (nSPS) is 19.7. The van der Waals surface area contributed by atoms with Crippen molar-refractivity contribution in [3.05, 3.63) is 23.8 Å². The Balaban J connectivity index is 2.36. The fourth-order valence-corrected chi connectivity index (χ4v) is 2.27. The van der Waals surface area contributed by atoms with Gasteiger partial charge in [-0.25, -0.2) is 0 Å². The van der Waals surface area contributed by atoms with Gasteiger partial charge < -0.3 is 14.6 Å². The van der Waals surface area contributed by atoms with E-state index >= 15 is 0 Å². The highest BCUT2D eigenvalue weighted by molar-refractivity contribution is 6.64. The summed E-state index contributed by atoms with van der Waals surface area (Å²) in [5, 5.41) is 3.01. The summed E-state index contributed by atoms with van der Waals surface area (Å²) in [5.41, 5.74) is 1.43. The summed E-state index contributed by atoms with van der Waals surface area (Å²) >= 11 is 0. The third-order valence-corrected chi connectivity index (χ3v) is 4.64. The van der Waals surface area contributed by atoms with Crippen LogP contribution in [0.2, 0.25) is 0 Å². The van der Waals surface area contributed by atoms with E-state index in [-0.39, 0.29) is 5.91 Å². The first-order chi connectivity index (χ1) is 10.3. The van der Waals surface area contributed by atoms with Crippen molar-refractivity contribution in [3.8, 4) is 0 Å². The molecule has 1 amide bonds. The molecule has 2 rings (SSSR count). The van der Waals surface area contributed by atoms with Gasteiger partial charge in [-0.15, -0.1) is 0 Å². The van der Waals surface area contributed by atoms with Crippen LogP contribution in [-0.2, 0) is 14.1 Å². The minimum Gasteiger partial charge on any atom is -0.399 e. The van der Waals surface area contributed by atoms with Gasteiger partial charge in [0, 0.05) is 16.6 Å². The predicted molar refractivity (Wildman–Crippen MR) is 95.0 cm³/mol. The zero-order valence-electron chi connectivity index (χ0n) is 15.5. The molecule has 4 nitrogen and oxygen atoms in total. The second kappa shape index (κ2) is 5.64. The summed E-state index contributed by atoms with van der Waals surface area (Å²) in [6.07, 6.45) is 0. The number of carbonyl (C=O) groups excluding carboxylic acids is 1. The number of anilines is 1. The van der Waals surface area contributed by atoms with Gasteiger partial charge in [0.05, 0.1) is 11.2 Å². The van der Waals surface area contributed by atoms with Crippen LogP contribution in [0, 0.1) is 12.3 Å². The fraction of sp³-hybridized carbons (Fsp3) is 0.611. The average molecular weight is 317 g/mol. The maximum atomic E-state index is 12.3. The number of benzene rings is 1. The number of rotatable bonds is 2. The summed E-state index contributed by atoms with van der Waals surface area (Å²) in [7, 11) is -0.491. The van der Waals surface area contributed by atoms with E-state index in [1.165, 1.54) is 0 Å². The Hall–Kier alpha value is -1.33. The van der Waals surface area contributed by atoms with Crippen molar-refractivity contribution in [2.75, 3.05) is 5.32 Å². The van der Waals surface area contributed by atoms with Gasteiger partial charge in [-0.05, 0) is 40.7 Å². The quantitative estimate of drug-likeness (QED) is 0.852. The summed E-state index contributed by atoms with van der Waals surface area (Å²) in [6.45, 7) is 15.8. The molecule has 0 spiro atoms. The van der Waals surface area contributed by atoms with Crippen molar-refractivity contribution in [1.29, 1.82) is 0 Å². The van der Waals surface area contributed by atoms with Crippen LogP contribution in [0.1, 0.15) is 54.0 Å². The molecule has 23 heavy (non-hydrogen) atoms. The summed E-state index contributed by atoms with van der Waals surface area (Å²) in [6, 6.07) is 5.91. The maximum Gasteiger partial charge on any atom is 0.496 e. The van der Waals surface area contributed by atoms with E-state index in [1.807, 2.05) is 73.6 Å². The van der Waals surface area contributed by atoms with E-state index in [1.54, 1.807) is 0 Å². The molecule has 1 aliphatic rings. The molecule has 0 unspecified atom stereocenters. The van der Waals surface area contributed by atoms with Gasteiger partial charge in [0.25, 0.3) is 0 Å². The first-order valence-electron chi connectivity index (χ1n) is 8.11. The van der Waals surface area contributed by atoms with E-state index in [2.05, 4.69) is 5.32 Å². The van der Waals surface area contributed by atoms with Crippen LogP contribution in [0.25, 0.3) is 0 Å². The molecule has 1 saturated heterocycles. The molecule has 0 aliphatic carbocycles. The molecule has 1 aliphatic heterocycles. The van der Waals surface area contributed by atoms with Crippen LogP contribution < -0.4 is 10.8 Å². The van der Waals surface area contributed by atoms with Crippen molar-refractivity contribution in [3.63, 3.8) is 0 Å². The smallest absolute Gasteiger partial charge is 0.399 e. The zero-order valence-corrected chi connectivity index (χ0v) is 15.5. The maximum absolute atomic E-state index is 12.3. The molecule has 1 aromatic rings. The van der Waals surface area contributed by atoms with Crippen molar-refractivity contribution in [1.82, 2.24) is 0 Å². The zero-order chi connectivity index (χ0) is 17.6. The number of aryl methyl sites for hydroxylation is 1. The van der Waals surface area contributed by atoms with E-state index < -0.39 is 23.7 Å². The highest BCUT2D eigenvalue weighted by Crippen LogP contribution is 2.37. The molecule has 1 N–H and O–H groups in total. The Bertz CT molecular complexity index is 601. The van der Waals surface area contributed by atoms with Crippen LogP contribution in [0.5, 0.6) is 0 Å². The van der Waals surface area contributed by atoms with Crippen LogP contribution in [-0.4, -0.2) is 24.2 Å². The minimum atomic E-state index is -0.491. The van der Waals surface area contributed by atoms with E-state index in [0.717, 1.165) is 16.7 Å². The monoisotopic (exact) mass is 317 g/mol. The lowest BCUT2D eigenvalue weighted by Gasteiger charge is -2.32. The molecule has 1 heterocycles. The Morgan fingerprint density at radius 3 is 2.09 bits per heavy atom. The average Bonchev–Trinajstić information content (AvgIpc) is 2.59. The van der Waals surface area contributed by atoms with Crippen LogP contribution >= 0.6 is 0 Å². The van der Waals surface area contributed by atoms with E-state index in [4.69, 9.17) is 9.31 Å². The van der Waals surface area contributed by atoms with Crippen molar-refractivity contribution >= 4 is 24.2 Å². The second-order valence-electron chi connectivity index (χ2n) is 8.38. The van der Waals surface area contributed by atoms with Gasteiger partial charge in [-0.3, -0.25) is 4.79 Å². The fourth-order valence-electron chi connectivity index (χ4n) is 2.27. The summed E-state index contributed by atoms with van der Waals surface area (Å²) in [4.78, 5) is 12.3. The van der Waals surface area contributed by atoms with E-state index in [9.17, 15) is 4.79 Å². The molecule has 1 aromatic carbocycles. The predicted octanol–water partition coefficient (Wildman–Crippen LogP) is 3.28. The third kappa shape index (κ3) is 3.61. The van der Waals surface area contributed by atoms with Gasteiger partial charge in [0.15, 0.2) is 0 Å². The van der Waals surface area contributed by atoms with Gasteiger partial charge >= 0.3 is 7.12 Å². The Kier molecular flexibility index (Phi) is 4.42. The van der Waals surface area contributed by atoms with Crippen molar-refractivity contribution in [2.24, 2.45) is 5.41 Å². The molecule has 5 heteroatoms. The van der Waals surface area contributed by atoms with Gasteiger partial charge in [-0.2, -0.15) is 0 Å². The molecule has 0 saturated carbocycles. The molecule has 1 fully saturated rings. The lowest BCUT2D eigenvalue weighted by Crippen LogP contribution is -2.41. The van der Waals surface area contributed by atoms with E-state index in [0.29, 0.717) is 0 Å². The number of carbonyl (C=O) groups is 1. The van der Waals surface area contributed by atoms with Crippen molar-refractivity contribution < 1.29 is 14.1 Å². The SMILES string of the molecule is Cc1ccc(NC(=O)C(C)(C)C)c(B2OC(C)(C)C(C)(C)O2)c1. The van der Waals surface area contributed by atoms with Crippen molar-refractivity contribution in [2.45, 2.75) is 66.6 Å². The number of hydrogen-bond acceptors (Lipinski definition) is 3. The largest absolute Gasteiger partial charge is 0.496 e. The molecular formula is C18H28BNO3. The van der Waals surface area contributed by atoms with Gasteiger partial charge in [-0.1, -0.05) is 38.5 Å². The van der Waals surface area contributed by atoms with Gasteiger partial charge in [0.1, 0.15) is 0 Å². The van der Waals surface area contributed by atoms with Crippen LogP contribution in [0.4, 0.5) is 5.69 Å². The highest BCUT2D eigenvalue weighted by atomic mass is 16.7. The molecule has 0 aromatic heterocycles. The second-order valence-corrected chi connectivity index (χ2v) is 8.38. The lowest BCUT2D eigenvalue weighted by molar-refractivity contribution is -0.123. The van der Waals surface area contributed by atoms with Crippen LogP contribution in [0.3, 0.4) is 0 Å². The Morgan fingerprint density at radius 2 is 1.61 bits per heavy atom. The topological polar surface area (TPSA) is 47.6 Å². The lowest BCUT2D eigenvalue weighted by atomic mass is 9.77. The Morgan fingerprint density at radius 1 is 1.09 bits per heavy atom.